The van der Waals surface area contributed by atoms with E-state index in [0.29, 0.717) is 6.04 Å². The molecule has 0 aromatic heterocycles. The predicted molar refractivity (Wildman–Crippen MR) is 89.1 cm³/mol. The number of hydrogen-bond donors (Lipinski definition) is 1. The summed E-state index contributed by atoms with van der Waals surface area (Å²) in [7, 11) is -1.41. The van der Waals surface area contributed by atoms with E-state index in [-0.39, 0.29) is 5.04 Å². The third-order valence-corrected chi connectivity index (χ3v) is 7.21. The van der Waals surface area contributed by atoms with E-state index < -0.39 is 9.04 Å². The maximum atomic E-state index is 6.44. The number of piperidine rings is 1. The van der Waals surface area contributed by atoms with E-state index in [1.54, 1.807) is 0 Å². The summed E-state index contributed by atoms with van der Waals surface area (Å²) in [5.41, 5.74) is 0. The molecule has 0 amide bonds. The van der Waals surface area contributed by atoms with E-state index in [1.165, 1.54) is 18.0 Å². The zero-order valence-electron chi connectivity index (χ0n) is 13.4. The Balaban J connectivity index is 1.96. The third kappa shape index (κ3) is 4.44. The molecule has 0 saturated carbocycles. The quantitative estimate of drug-likeness (QED) is 0.861. The Kier molecular flexibility index (Phi) is 5.41. The standard InChI is InChI=1S/C17H29NOSi/c1-14-10-11-15(18-12-14)13-19-20(17(2,3)4)16-8-6-5-7-9-16/h5-9,14-15,18,20H,10-13H2,1-4H3. The lowest BCUT2D eigenvalue weighted by Gasteiger charge is -2.33. The van der Waals surface area contributed by atoms with Gasteiger partial charge in [0.25, 0.3) is 0 Å². The summed E-state index contributed by atoms with van der Waals surface area (Å²) >= 11 is 0. The van der Waals surface area contributed by atoms with Crippen LogP contribution in [-0.2, 0) is 4.43 Å². The molecule has 1 N–H and O–H groups in total. The molecule has 1 aromatic carbocycles. The Labute approximate surface area is 125 Å². The molecule has 0 spiro atoms. The largest absolute Gasteiger partial charge is 0.413 e. The molecule has 2 nitrogen and oxygen atoms in total. The molecule has 0 bridgehead atoms. The van der Waals surface area contributed by atoms with Crippen molar-refractivity contribution in [3.05, 3.63) is 30.3 Å². The van der Waals surface area contributed by atoms with Crippen LogP contribution in [0.3, 0.4) is 0 Å². The van der Waals surface area contributed by atoms with E-state index in [1.807, 2.05) is 0 Å². The van der Waals surface area contributed by atoms with Crippen LogP contribution in [-0.4, -0.2) is 28.2 Å². The van der Waals surface area contributed by atoms with Gasteiger partial charge in [0, 0.05) is 12.6 Å². The minimum atomic E-state index is -1.41. The lowest BCUT2D eigenvalue weighted by Crippen LogP contribution is -2.47. The predicted octanol–water partition coefficient (Wildman–Crippen LogP) is 2.82. The zero-order valence-corrected chi connectivity index (χ0v) is 14.5. The van der Waals surface area contributed by atoms with Gasteiger partial charge in [-0.15, -0.1) is 0 Å². The third-order valence-electron chi connectivity index (χ3n) is 4.12. The van der Waals surface area contributed by atoms with Crippen LogP contribution in [0.4, 0.5) is 0 Å². The molecule has 0 aliphatic carbocycles. The second kappa shape index (κ2) is 6.88. The second-order valence-corrected chi connectivity index (χ2v) is 10.8. The van der Waals surface area contributed by atoms with Gasteiger partial charge in [0.2, 0.25) is 9.04 Å². The van der Waals surface area contributed by atoms with Gasteiger partial charge >= 0.3 is 0 Å². The fourth-order valence-electron chi connectivity index (χ4n) is 2.89. The minimum absolute atomic E-state index is 0.253. The first-order valence-corrected chi connectivity index (χ1v) is 9.49. The molecule has 1 aromatic rings. The van der Waals surface area contributed by atoms with Crippen LogP contribution in [0.25, 0.3) is 0 Å². The Morgan fingerprint density at radius 3 is 2.45 bits per heavy atom. The van der Waals surface area contributed by atoms with Gasteiger partial charge in [0.1, 0.15) is 0 Å². The van der Waals surface area contributed by atoms with Gasteiger partial charge in [-0.2, -0.15) is 0 Å². The van der Waals surface area contributed by atoms with Gasteiger partial charge in [0.15, 0.2) is 0 Å². The number of hydrogen-bond acceptors (Lipinski definition) is 2. The summed E-state index contributed by atoms with van der Waals surface area (Å²) in [5, 5.41) is 5.30. The average molecular weight is 292 g/mol. The van der Waals surface area contributed by atoms with Gasteiger partial charge in [-0.1, -0.05) is 58.0 Å². The highest BCUT2D eigenvalue weighted by molar-refractivity contribution is 6.70. The van der Waals surface area contributed by atoms with Crippen molar-refractivity contribution >= 4 is 14.2 Å². The number of rotatable bonds is 4. The van der Waals surface area contributed by atoms with Gasteiger partial charge in [0.05, 0.1) is 0 Å². The van der Waals surface area contributed by atoms with E-state index >= 15 is 0 Å². The first-order valence-electron chi connectivity index (χ1n) is 7.86. The van der Waals surface area contributed by atoms with E-state index in [2.05, 4.69) is 63.3 Å². The van der Waals surface area contributed by atoms with E-state index in [0.717, 1.165) is 19.1 Å². The highest BCUT2D eigenvalue weighted by Gasteiger charge is 2.30. The smallest absolute Gasteiger partial charge is 0.213 e. The summed E-state index contributed by atoms with van der Waals surface area (Å²) in [6, 6.07) is 11.4. The second-order valence-electron chi connectivity index (χ2n) is 7.28. The van der Waals surface area contributed by atoms with Gasteiger partial charge in [-0.05, 0) is 35.5 Å². The molecule has 3 heteroatoms. The highest BCUT2D eigenvalue weighted by atomic mass is 28.3. The summed E-state index contributed by atoms with van der Waals surface area (Å²) in [4.78, 5) is 0. The minimum Gasteiger partial charge on any atom is -0.413 e. The fraction of sp³-hybridized carbons (Fsp3) is 0.647. The fourth-order valence-corrected chi connectivity index (χ4v) is 5.58. The van der Waals surface area contributed by atoms with Crippen molar-refractivity contribution in [3.63, 3.8) is 0 Å². The molecule has 1 aliphatic heterocycles. The molecule has 20 heavy (non-hydrogen) atoms. The van der Waals surface area contributed by atoms with Crippen molar-refractivity contribution in [1.82, 2.24) is 5.32 Å². The monoisotopic (exact) mass is 291 g/mol. The SMILES string of the molecule is CC1CCC(CO[SiH](c2ccccc2)C(C)(C)C)NC1. The Morgan fingerprint density at radius 1 is 1.20 bits per heavy atom. The molecule has 112 valence electrons. The zero-order chi connectivity index (χ0) is 14.6. The van der Waals surface area contributed by atoms with Crippen molar-refractivity contribution < 1.29 is 4.43 Å². The van der Waals surface area contributed by atoms with Crippen molar-refractivity contribution in [2.24, 2.45) is 5.92 Å². The summed E-state index contributed by atoms with van der Waals surface area (Å²) in [5.74, 6) is 0.816. The highest BCUT2D eigenvalue weighted by Crippen LogP contribution is 2.27. The van der Waals surface area contributed by atoms with Crippen LogP contribution in [0, 0.1) is 5.92 Å². The van der Waals surface area contributed by atoms with Crippen LogP contribution < -0.4 is 10.5 Å². The van der Waals surface area contributed by atoms with Gasteiger partial charge < -0.3 is 9.74 Å². The lowest BCUT2D eigenvalue weighted by molar-refractivity contribution is 0.216. The van der Waals surface area contributed by atoms with E-state index in [4.69, 9.17) is 4.43 Å². The van der Waals surface area contributed by atoms with Crippen LogP contribution in [0.15, 0.2) is 30.3 Å². The van der Waals surface area contributed by atoms with E-state index in [9.17, 15) is 0 Å². The Bertz CT molecular complexity index is 393. The topological polar surface area (TPSA) is 21.3 Å². The molecule has 1 heterocycles. The van der Waals surface area contributed by atoms with Gasteiger partial charge in [-0.3, -0.25) is 0 Å². The molecule has 3 unspecified atom stereocenters. The Hall–Kier alpha value is -0.643. The first-order chi connectivity index (χ1) is 9.47. The van der Waals surface area contributed by atoms with Crippen LogP contribution >= 0.6 is 0 Å². The maximum absolute atomic E-state index is 6.44. The molecule has 2 rings (SSSR count). The normalized spacial score (nSPS) is 25.4. The maximum Gasteiger partial charge on any atom is 0.213 e. The summed E-state index contributed by atoms with van der Waals surface area (Å²) in [6.07, 6.45) is 2.58. The molecule has 1 saturated heterocycles. The number of nitrogens with one attached hydrogen (secondary N) is 1. The summed E-state index contributed by atoms with van der Waals surface area (Å²) in [6.45, 7) is 11.3. The first kappa shape index (κ1) is 15.7. The molecule has 1 fully saturated rings. The molecular weight excluding hydrogens is 262 g/mol. The van der Waals surface area contributed by atoms with Crippen molar-refractivity contribution in [2.75, 3.05) is 13.2 Å². The van der Waals surface area contributed by atoms with Gasteiger partial charge in [-0.25, -0.2) is 0 Å². The summed E-state index contributed by atoms with van der Waals surface area (Å²) < 4.78 is 6.44. The molecule has 3 atom stereocenters. The van der Waals surface area contributed by atoms with Crippen LogP contribution in [0.1, 0.15) is 40.5 Å². The Morgan fingerprint density at radius 2 is 1.90 bits per heavy atom. The van der Waals surface area contributed by atoms with Crippen LogP contribution in [0.2, 0.25) is 5.04 Å². The molecular formula is C17H29NOSi. The van der Waals surface area contributed by atoms with Crippen molar-refractivity contribution in [1.29, 1.82) is 0 Å². The number of benzene rings is 1. The molecule has 0 radical (unpaired) electrons. The van der Waals surface area contributed by atoms with Crippen molar-refractivity contribution in [2.45, 2.75) is 51.6 Å². The lowest BCUT2D eigenvalue weighted by atomic mass is 9.97. The molecule has 1 aliphatic rings. The van der Waals surface area contributed by atoms with Crippen molar-refractivity contribution in [3.8, 4) is 0 Å². The average Bonchev–Trinajstić information content (AvgIpc) is 2.41. The van der Waals surface area contributed by atoms with Crippen LogP contribution in [0.5, 0.6) is 0 Å².